The Morgan fingerprint density at radius 3 is 1.46 bits per heavy atom. The third-order valence-corrected chi connectivity index (χ3v) is 0.902. The smallest absolute Gasteiger partial charge is 0.309 e. The molecule has 0 heterocycles. The van der Waals surface area contributed by atoms with Gasteiger partial charge in [0.15, 0.2) is 0 Å². The number of rotatable bonds is 4. The van der Waals surface area contributed by atoms with Crippen LogP contribution in [0.25, 0.3) is 0 Å². The van der Waals surface area contributed by atoms with E-state index in [0.717, 1.165) is 13.2 Å². The molecule has 0 aliphatic rings. The number of carbonyl (C=O) groups is 1. The molecular weight excluding hydrogens is 168 g/mol. The van der Waals surface area contributed by atoms with Gasteiger partial charge in [-0.25, -0.2) is 4.79 Å². The molecule has 0 bridgehead atoms. The van der Waals surface area contributed by atoms with Crippen molar-refractivity contribution >= 4 is 6.03 Å². The van der Waals surface area contributed by atoms with Crippen LogP contribution in [0, 0.1) is 11.8 Å². The molecule has 4 nitrogen and oxygen atoms in total. The van der Waals surface area contributed by atoms with Crippen LogP contribution in [0.4, 0.5) is 4.79 Å². The Hall–Kier alpha value is -0.770. The molecule has 2 amide bonds. The normalized spacial score (nSPS) is 9.69. The molecule has 0 rings (SSSR count). The summed E-state index contributed by atoms with van der Waals surface area (Å²) in [6.07, 6.45) is 0. The van der Waals surface area contributed by atoms with Gasteiger partial charge in [0.25, 0.3) is 0 Å². The van der Waals surface area contributed by atoms with Crippen molar-refractivity contribution < 1.29 is 9.53 Å². The van der Waals surface area contributed by atoms with Crippen LogP contribution in [0.15, 0.2) is 0 Å². The van der Waals surface area contributed by atoms with Crippen LogP contribution < -0.4 is 11.5 Å². The zero-order valence-electron chi connectivity index (χ0n) is 9.04. The largest absolute Gasteiger partial charge is 0.381 e. The average Bonchev–Trinajstić information content (AvgIpc) is 1.83. The minimum absolute atomic E-state index is 0.670. The van der Waals surface area contributed by atoms with Crippen molar-refractivity contribution in [3.05, 3.63) is 0 Å². The van der Waals surface area contributed by atoms with Crippen molar-refractivity contribution in [3.8, 4) is 0 Å². The van der Waals surface area contributed by atoms with Crippen LogP contribution in [0.2, 0.25) is 0 Å². The first-order chi connectivity index (χ1) is 5.86. The highest BCUT2D eigenvalue weighted by atomic mass is 16.5. The summed E-state index contributed by atoms with van der Waals surface area (Å²) in [4.78, 5) is 9.00. The van der Waals surface area contributed by atoms with Crippen LogP contribution in [0.3, 0.4) is 0 Å². The van der Waals surface area contributed by atoms with Gasteiger partial charge in [0.1, 0.15) is 0 Å². The fourth-order valence-corrected chi connectivity index (χ4v) is 0.539. The van der Waals surface area contributed by atoms with E-state index in [-0.39, 0.29) is 0 Å². The highest BCUT2D eigenvalue weighted by Crippen LogP contribution is 1.96. The number of carbonyl (C=O) groups excluding carboxylic acids is 1. The molecule has 0 aliphatic heterocycles. The third kappa shape index (κ3) is 35.0. The molecule has 0 radical (unpaired) electrons. The van der Waals surface area contributed by atoms with Crippen LogP contribution in [-0.4, -0.2) is 19.2 Å². The highest BCUT2D eigenvalue weighted by Gasteiger charge is 1.95. The van der Waals surface area contributed by atoms with Crippen molar-refractivity contribution in [1.29, 1.82) is 0 Å². The van der Waals surface area contributed by atoms with E-state index in [9.17, 15) is 0 Å². The van der Waals surface area contributed by atoms with Gasteiger partial charge in [0.05, 0.1) is 0 Å². The second kappa shape index (κ2) is 9.32. The molecule has 0 saturated heterocycles. The topological polar surface area (TPSA) is 78.3 Å². The molecule has 0 fully saturated rings. The van der Waals surface area contributed by atoms with Crippen molar-refractivity contribution in [2.24, 2.45) is 23.3 Å². The maximum atomic E-state index is 9.00. The molecule has 0 saturated carbocycles. The zero-order chi connectivity index (χ0) is 10.9. The molecular formula is C9H22N2O2. The van der Waals surface area contributed by atoms with Crippen LogP contribution in [0.5, 0.6) is 0 Å². The van der Waals surface area contributed by atoms with Gasteiger partial charge < -0.3 is 16.2 Å². The van der Waals surface area contributed by atoms with Crippen molar-refractivity contribution in [1.82, 2.24) is 0 Å². The Labute approximate surface area is 80.6 Å². The van der Waals surface area contributed by atoms with Crippen molar-refractivity contribution in [3.63, 3.8) is 0 Å². The van der Waals surface area contributed by atoms with Gasteiger partial charge in [-0.05, 0) is 11.8 Å². The minimum atomic E-state index is -0.833. The van der Waals surface area contributed by atoms with E-state index in [0.29, 0.717) is 11.8 Å². The van der Waals surface area contributed by atoms with Crippen molar-refractivity contribution in [2.45, 2.75) is 27.7 Å². The summed E-state index contributed by atoms with van der Waals surface area (Å²) >= 11 is 0. The first-order valence-electron chi connectivity index (χ1n) is 4.48. The average molecular weight is 190 g/mol. The quantitative estimate of drug-likeness (QED) is 0.701. The molecule has 0 atom stereocenters. The van der Waals surface area contributed by atoms with Crippen LogP contribution in [0.1, 0.15) is 27.7 Å². The summed E-state index contributed by atoms with van der Waals surface area (Å²) in [5, 5.41) is 0. The van der Waals surface area contributed by atoms with E-state index in [1.807, 2.05) is 0 Å². The van der Waals surface area contributed by atoms with Gasteiger partial charge in [0, 0.05) is 13.2 Å². The van der Waals surface area contributed by atoms with Crippen molar-refractivity contribution in [2.75, 3.05) is 13.2 Å². The number of ether oxygens (including phenoxy) is 1. The number of amides is 2. The first kappa shape index (κ1) is 14.7. The molecule has 0 aliphatic carbocycles. The predicted molar refractivity (Wildman–Crippen MR) is 54.3 cm³/mol. The van der Waals surface area contributed by atoms with Gasteiger partial charge in [-0.1, -0.05) is 27.7 Å². The molecule has 0 aromatic rings. The molecule has 80 valence electrons. The van der Waals surface area contributed by atoms with E-state index in [4.69, 9.17) is 9.53 Å². The van der Waals surface area contributed by atoms with E-state index in [1.54, 1.807) is 0 Å². The van der Waals surface area contributed by atoms with Gasteiger partial charge >= 0.3 is 6.03 Å². The molecule has 0 spiro atoms. The summed E-state index contributed by atoms with van der Waals surface area (Å²) in [6.45, 7) is 10.5. The second-order valence-corrected chi connectivity index (χ2v) is 3.73. The lowest BCUT2D eigenvalue weighted by molar-refractivity contribution is 0.0886. The predicted octanol–water partition coefficient (Wildman–Crippen LogP) is 1.34. The lowest BCUT2D eigenvalue weighted by Gasteiger charge is -2.07. The Bertz CT molecular complexity index is 113. The number of primary amides is 2. The Morgan fingerprint density at radius 1 is 1.08 bits per heavy atom. The van der Waals surface area contributed by atoms with E-state index in [1.165, 1.54) is 0 Å². The zero-order valence-corrected chi connectivity index (χ0v) is 9.04. The molecule has 13 heavy (non-hydrogen) atoms. The fraction of sp³-hybridized carbons (Fsp3) is 0.889. The molecule has 4 N–H and O–H groups in total. The molecule has 0 aromatic heterocycles. The first-order valence-corrected chi connectivity index (χ1v) is 4.48. The van der Waals surface area contributed by atoms with Gasteiger partial charge in [0.2, 0.25) is 0 Å². The van der Waals surface area contributed by atoms with Gasteiger partial charge in [-0.15, -0.1) is 0 Å². The van der Waals surface area contributed by atoms with Crippen LogP contribution >= 0.6 is 0 Å². The number of urea groups is 1. The summed E-state index contributed by atoms with van der Waals surface area (Å²) in [5.41, 5.74) is 8.50. The number of nitrogens with two attached hydrogens (primary N) is 2. The summed E-state index contributed by atoms with van der Waals surface area (Å²) < 4.78 is 5.36. The lowest BCUT2D eigenvalue weighted by Crippen LogP contribution is -2.18. The number of hydrogen-bond acceptors (Lipinski definition) is 2. The lowest BCUT2D eigenvalue weighted by atomic mass is 10.2. The SMILES string of the molecule is CC(C)COCC(C)C.NC(N)=O. The summed E-state index contributed by atoms with van der Waals surface area (Å²) in [7, 11) is 0. The second-order valence-electron chi connectivity index (χ2n) is 3.73. The van der Waals surface area contributed by atoms with Crippen LogP contribution in [-0.2, 0) is 4.74 Å². The Morgan fingerprint density at radius 2 is 1.31 bits per heavy atom. The Kier molecular flexibility index (Phi) is 10.6. The van der Waals surface area contributed by atoms with E-state index in [2.05, 4.69) is 39.2 Å². The van der Waals surface area contributed by atoms with Gasteiger partial charge in [-0.3, -0.25) is 0 Å². The number of hydrogen-bond donors (Lipinski definition) is 2. The maximum absolute atomic E-state index is 9.00. The van der Waals surface area contributed by atoms with E-state index >= 15 is 0 Å². The molecule has 0 unspecified atom stereocenters. The molecule has 4 heteroatoms. The standard InChI is InChI=1S/C8H18O.CH4N2O/c1-7(2)5-9-6-8(3)4;2-1(3)4/h7-8H,5-6H2,1-4H3;(H4,2,3,4). The summed E-state index contributed by atoms with van der Waals surface area (Å²) in [5.74, 6) is 1.34. The maximum Gasteiger partial charge on any atom is 0.309 e. The summed E-state index contributed by atoms with van der Waals surface area (Å²) in [6, 6.07) is -0.833. The third-order valence-electron chi connectivity index (χ3n) is 0.902. The monoisotopic (exact) mass is 190 g/mol. The van der Waals surface area contributed by atoms with E-state index < -0.39 is 6.03 Å². The fourth-order valence-electron chi connectivity index (χ4n) is 0.539. The van der Waals surface area contributed by atoms with Gasteiger partial charge in [-0.2, -0.15) is 0 Å². The minimum Gasteiger partial charge on any atom is -0.381 e. The Balaban J connectivity index is 0. The highest BCUT2D eigenvalue weighted by molar-refractivity contribution is 5.69. The molecule has 0 aromatic carbocycles.